The number of nitrogens with one attached hydrogen (secondary N) is 2. The van der Waals surface area contributed by atoms with Gasteiger partial charge in [-0.2, -0.15) is 4.98 Å². The number of likely N-dealkylation sites (tertiary alicyclic amines) is 1. The van der Waals surface area contributed by atoms with Crippen molar-refractivity contribution < 1.29 is 18.7 Å². The Balaban J connectivity index is 0.00000337. The molecule has 1 aromatic carbocycles. The Labute approximate surface area is 239 Å². The van der Waals surface area contributed by atoms with Crippen LogP contribution in [0.1, 0.15) is 84.1 Å². The minimum absolute atomic E-state index is 0. The van der Waals surface area contributed by atoms with Crippen molar-refractivity contribution in [3.63, 3.8) is 0 Å². The average molecular weight is 570 g/mol. The molecule has 11 heteroatoms. The van der Waals surface area contributed by atoms with Crippen LogP contribution < -0.4 is 10.6 Å². The van der Waals surface area contributed by atoms with Crippen LogP contribution in [0.15, 0.2) is 24.4 Å². The molecule has 0 spiro atoms. The first-order chi connectivity index (χ1) is 19.4. The van der Waals surface area contributed by atoms with Crippen LogP contribution in [0.2, 0.25) is 0 Å². The molecule has 3 aliphatic rings. The lowest BCUT2D eigenvalue weighted by molar-refractivity contribution is -0.137. The molecule has 3 N–H and O–H groups in total. The maximum atomic E-state index is 14.6. The van der Waals surface area contributed by atoms with Gasteiger partial charge in [-0.25, -0.2) is 18.7 Å². The molecule has 2 aromatic heterocycles. The zero-order chi connectivity index (χ0) is 27.6. The molecule has 2 saturated carbocycles. The first-order valence-electron chi connectivity index (χ1n) is 14.6. The van der Waals surface area contributed by atoms with Gasteiger partial charge in [-0.3, -0.25) is 9.36 Å². The van der Waals surface area contributed by atoms with Gasteiger partial charge in [0.25, 0.3) is 0 Å². The van der Waals surface area contributed by atoms with E-state index < -0.39 is 11.6 Å². The van der Waals surface area contributed by atoms with Crippen LogP contribution in [0.5, 0.6) is 0 Å². The number of piperidine rings is 1. The molecule has 9 nitrogen and oxygen atoms in total. The summed E-state index contributed by atoms with van der Waals surface area (Å²) in [5.74, 6) is -0.162. The molecular weight excluding hydrogens is 528 g/mol. The first kappa shape index (κ1) is 29.2. The van der Waals surface area contributed by atoms with Gasteiger partial charge in [0.15, 0.2) is 5.65 Å². The Morgan fingerprint density at radius 2 is 1.68 bits per heavy atom. The van der Waals surface area contributed by atoms with E-state index in [1.54, 1.807) is 6.20 Å². The topological polar surface area (TPSA) is 108 Å². The number of anilines is 3. The van der Waals surface area contributed by atoms with Gasteiger partial charge in [0.05, 0.1) is 18.0 Å². The summed E-state index contributed by atoms with van der Waals surface area (Å²) < 4.78 is 30.2. The van der Waals surface area contributed by atoms with Crippen LogP contribution in [0.25, 0.3) is 11.2 Å². The lowest BCUT2D eigenvalue weighted by Gasteiger charge is -2.34. The second-order valence-electron chi connectivity index (χ2n) is 11.5. The van der Waals surface area contributed by atoms with Gasteiger partial charge < -0.3 is 20.6 Å². The van der Waals surface area contributed by atoms with Gasteiger partial charge in [-0.1, -0.05) is 7.43 Å². The fraction of sp³-hybridized carbons (Fsp3) is 0.600. The summed E-state index contributed by atoms with van der Waals surface area (Å²) in [7, 11) is 0. The maximum Gasteiger partial charge on any atom is 0.225 e. The van der Waals surface area contributed by atoms with E-state index in [9.17, 15) is 18.7 Å². The number of imidazole rings is 1. The van der Waals surface area contributed by atoms with Crippen molar-refractivity contribution in [1.82, 2.24) is 24.4 Å². The third-order valence-electron chi connectivity index (χ3n) is 8.72. The summed E-state index contributed by atoms with van der Waals surface area (Å²) in [6.07, 6.45) is 11.0. The molecule has 0 atom stereocenters. The highest BCUT2D eigenvalue weighted by atomic mass is 19.1. The van der Waals surface area contributed by atoms with Gasteiger partial charge in [0.1, 0.15) is 17.2 Å². The lowest BCUT2D eigenvalue weighted by Crippen LogP contribution is -2.41. The van der Waals surface area contributed by atoms with Gasteiger partial charge in [0.2, 0.25) is 17.8 Å². The molecule has 3 heterocycles. The zero-order valence-electron chi connectivity index (χ0n) is 22.7. The van der Waals surface area contributed by atoms with Crippen molar-refractivity contribution in [3.05, 3.63) is 36.0 Å². The van der Waals surface area contributed by atoms with E-state index in [4.69, 9.17) is 9.97 Å². The highest BCUT2D eigenvalue weighted by Gasteiger charge is 2.33. The number of hydrogen-bond acceptors (Lipinski definition) is 7. The molecule has 3 aromatic rings. The molecule has 2 aliphatic carbocycles. The van der Waals surface area contributed by atoms with E-state index >= 15 is 0 Å². The molecule has 0 radical (unpaired) electrons. The standard InChI is InChI=1S/C29H37F2N7O2.CH4/c30-19-6-13-24(23(31)16-19)34-29-35-25-17-32-28(33-20-7-11-22(39)12-8-20)36-26(25)38(29)21-9-4-18(5-10-21)27(40)37-14-2-1-3-15-37;/h6,13,16-18,20-22,39H,1-5,7-12,14-15H2,(H,34,35)(H,32,33,36);1H4. The minimum atomic E-state index is -0.706. The number of carbonyl (C=O) groups is 1. The van der Waals surface area contributed by atoms with E-state index in [1.165, 1.54) is 18.6 Å². The van der Waals surface area contributed by atoms with Crippen molar-refractivity contribution in [2.45, 2.75) is 96.2 Å². The number of halogens is 2. The molecule has 222 valence electrons. The van der Waals surface area contributed by atoms with Crippen LogP contribution in [0.3, 0.4) is 0 Å². The van der Waals surface area contributed by atoms with E-state index in [1.807, 2.05) is 9.47 Å². The maximum absolute atomic E-state index is 14.6. The molecular formula is C30H41F2N7O2. The van der Waals surface area contributed by atoms with E-state index in [0.29, 0.717) is 23.1 Å². The smallest absolute Gasteiger partial charge is 0.225 e. The van der Waals surface area contributed by atoms with Crippen molar-refractivity contribution in [2.24, 2.45) is 5.92 Å². The SMILES string of the molecule is C.O=C(C1CCC(n2c(Nc3ccc(F)cc3F)nc3cnc(NC4CCC(O)CC4)nc32)CC1)N1CCCCC1. The number of amides is 1. The number of aliphatic hydroxyl groups is 1. The summed E-state index contributed by atoms with van der Waals surface area (Å²) in [5.41, 5.74) is 1.32. The largest absolute Gasteiger partial charge is 0.393 e. The molecule has 6 rings (SSSR count). The fourth-order valence-corrected chi connectivity index (χ4v) is 6.46. The van der Waals surface area contributed by atoms with Crippen molar-refractivity contribution in [2.75, 3.05) is 23.7 Å². The Kier molecular flexibility index (Phi) is 9.01. The Morgan fingerprint density at radius 3 is 2.39 bits per heavy atom. The van der Waals surface area contributed by atoms with Crippen LogP contribution in [-0.2, 0) is 4.79 Å². The summed E-state index contributed by atoms with van der Waals surface area (Å²) in [4.78, 5) is 29.2. The number of rotatable bonds is 6. The Hall–Kier alpha value is -3.34. The number of aliphatic hydroxyl groups excluding tert-OH is 1. The minimum Gasteiger partial charge on any atom is -0.393 e. The average Bonchev–Trinajstić information content (AvgIpc) is 3.33. The van der Waals surface area contributed by atoms with Gasteiger partial charge in [-0.15, -0.1) is 0 Å². The molecule has 1 aliphatic heterocycles. The molecule has 3 fully saturated rings. The first-order valence-corrected chi connectivity index (χ1v) is 14.6. The summed E-state index contributed by atoms with van der Waals surface area (Å²) in [6, 6.07) is 3.60. The molecule has 0 unspecified atom stereocenters. The third-order valence-corrected chi connectivity index (χ3v) is 8.72. The van der Waals surface area contributed by atoms with Crippen molar-refractivity contribution in [3.8, 4) is 0 Å². The quantitative estimate of drug-likeness (QED) is 0.337. The van der Waals surface area contributed by atoms with Crippen LogP contribution >= 0.6 is 0 Å². The Bertz CT molecular complexity index is 1340. The Morgan fingerprint density at radius 1 is 0.951 bits per heavy atom. The number of fused-ring (bicyclic) bond motifs is 1. The van der Waals surface area contributed by atoms with Gasteiger partial charge >= 0.3 is 0 Å². The molecule has 1 saturated heterocycles. The van der Waals surface area contributed by atoms with Crippen molar-refractivity contribution in [1.29, 1.82) is 0 Å². The number of aromatic nitrogens is 4. The highest BCUT2D eigenvalue weighted by molar-refractivity contribution is 5.79. The molecule has 0 bridgehead atoms. The second-order valence-corrected chi connectivity index (χ2v) is 11.5. The van der Waals surface area contributed by atoms with Crippen molar-refractivity contribution >= 4 is 34.7 Å². The van der Waals surface area contributed by atoms with Gasteiger partial charge in [0, 0.05) is 37.2 Å². The van der Waals surface area contributed by atoms with Gasteiger partial charge in [-0.05, 0) is 82.8 Å². The predicted octanol–water partition coefficient (Wildman–Crippen LogP) is 5.94. The monoisotopic (exact) mass is 569 g/mol. The number of benzene rings is 1. The van der Waals surface area contributed by atoms with E-state index in [0.717, 1.165) is 83.4 Å². The normalized spacial score (nSPS) is 25.0. The third kappa shape index (κ3) is 6.45. The van der Waals surface area contributed by atoms with Crippen LogP contribution in [0, 0.1) is 17.6 Å². The summed E-state index contributed by atoms with van der Waals surface area (Å²) in [6.45, 7) is 1.71. The van der Waals surface area contributed by atoms with E-state index in [2.05, 4.69) is 15.6 Å². The van der Waals surface area contributed by atoms with E-state index in [-0.39, 0.29) is 43.1 Å². The lowest BCUT2D eigenvalue weighted by atomic mass is 9.84. The number of carbonyl (C=O) groups excluding carboxylic acids is 1. The summed E-state index contributed by atoms with van der Waals surface area (Å²) in [5, 5.41) is 16.3. The molecule has 41 heavy (non-hydrogen) atoms. The molecule has 1 amide bonds. The highest BCUT2D eigenvalue weighted by Crippen LogP contribution is 2.38. The zero-order valence-corrected chi connectivity index (χ0v) is 22.7. The second kappa shape index (κ2) is 12.7. The fourth-order valence-electron chi connectivity index (χ4n) is 6.46. The predicted molar refractivity (Wildman–Crippen MR) is 155 cm³/mol. The summed E-state index contributed by atoms with van der Waals surface area (Å²) >= 11 is 0. The number of hydrogen-bond donors (Lipinski definition) is 3. The number of nitrogens with zero attached hydrogens (tertiary/aromatic N) is 5. The van der Waals surface area contributed by atoms with Crippen LogP contribution in [-0.4, -0.2) is 60.7 Å². The van der Waals surface area contributed by atoms with Crippen LogP contribution in [0.4, 0.5) is 26.4 Å².